The molecule has 0 bridgehead atoms. The maximum absolute atomic E-state index is 13.7. The topological polar surface area (TPSA) is 48.5 Å². The van der Waals surface area contributed by atoms with Crippen LogP contribution in [-0.4, -0.2) is 53.9 Å². The number of pyridine rings is 1. The summed E-state index contributed by atoms with van der Waals surface area (Å²) in [4.78, 5) is 20.5. The molecular weight excluding hydrogens is 405 g/mol. The number of benzene rings is 1. The summed E-state index contributed by atoms with van der Waals surface area (Å²) >= 11 is 0. The van der Waals surface area contributed by atoms with Gasteiger partial charge in [-0.15, -0.1) is 6.42 Å². The molecule has 1 heterocycles. The predicted octanol–water partition coefficient (Wildman–Crippen LogP) is 4.11. The minimum absolute atomic E-state index is 0.0993. The van der Waals surface area contributed by atoms with Gasteiger partial charge in [0, 0.05) is 37.0 Å². The number of nitrogens with zero attached hydrogens (tertiary/aromatic N) is 3. The standard InChI is InChI=1S/C23H27F3N4O/c1-5-17-10-11-27-21(14-17)28-22(31)18-8-9-19(20(15-18)23(24,25)26)16-30(7-3)13-12-29(4)6-2/h1,8-11,14-15H,6-7,12-13,16H2,2-4H3,(H,27,28,31). The summed E-state index contributed by atoms with van der Waals surface area (Å²) in [5.41, 5.74) is -0.270. The smallest absolute Gasteiger partial charge is 0.307 e. The summed E-state index contributed by atoms with van der Waals surface area (Å²) in [5.74, 6) is 1.91. The fourth-order valence-corrected chi connectivity index (χ4v) is 2.96. The average molecular weight is 432 g/mol. The van der Waals surface area contributed by atoms with Crippen LogP contribution in [0.15, 0.2) is 36.5 Å². The van der Waals surface area contributed by atoms with Gasteiger partial charge in [0.05, 0.1) is 5.56 Å². The van der Waals surface area contributed by atoms with Gasteiger partial charge in [-0.3, -0.25) is 9.69 Å². The molecule has 8 heteroatoms. The van der Waals surface area contributed by atoms with E-state index in [2.05, 4.69) is 21.1 Å². The zero-order valence-corrected chi connectivity index (χ0v) is 18.0. The van der Waals surface area contributed by atoms with E-state index in [-0.39, 0.29) is 23.5 Å². The highest BCUT2D eigenvalue weighted by Gasteiger charge is 2.34. The Morgan fingerprint density at radius 1 is 1.16 bits per heavy atom. The van der Waals surface area contributed by atoms with Crippen molar-refractivity contribution in [1.29, 1.82) is 0 Å². The SMILES string of the molecule is C#Cc1ccnc(NC(=O)c2ccc(CN(CC)CCN(C)CC)c(C(F)(F)F)c2)c1. The number of nitrogens with one attached hydrogen (secondary N) is 1. The molecule has 0 radical (unpaired) electrons. The van der Waals surface area contributed by atoms with Crippen molar-refractivity contribution in [3.05, 3.63) is 58.8 Å². The van der Waals surface area contributed by atoms with Crippen LogP contribution in [0.25, 0.3) is 0 Å². The monoisotopic (exact) mass is 432 g/mol. The van der Waals surface area contributed by atoms with Gasteiger partial charge in [0.1, 0.15) is 5.82 Å². The van der Waals surface area contributed by atoms with Gasteiger partial charge < -0.3 is 10.2 Å². The van der Waals surface area contributed by atoms with Gasteiger partial charge in [-0.05, 0) is 50.0 Å². The number of rotatable bonds is 9. The first kappa shape index (κ1) is 24.4. The second-order valence-corrected chi connectivity index (χ2v) is 7.16. The lowest BCUT2D eigenvalue weighted by atomic mass is 10.0. The molecule has 31 heavy (non-hydrogen) atoms. The van der Waals surface area contributed by atoms with Crippen LogP contribution < -0.4 is 5.32 Å². The van der Waals surface area contributed by atoms with E-state index in [9.17, 15) is 18.0 Å². The van der Waals surface area contributed by atoms with E-state index in [1.165, 1.54) is 24.4 Å². The lowest BCUT2D eigenvalue weighted by molar-refractivity contribution is -0.138. The Morgan fingerprint density at radius 2 is 1.90 bits per heavy atom. The van der Waals surface area contributed by atoms with E-state index in [0.29, 0.717) is 18.7 Å². The lowest BCUT2D eigenvalue weighted by Gasteiger charge is -2.25. The molecule has 0 saturated carbocycles. The van der Waals surface area contributed by atoms with Gasteiger partial charge in [0.2, 0.25) is 0 Å². The van der Waals surface area contributed by atoms with Crippen LogP contribution in [0.4, 0.5) is 19.0 Å². The third-order valence-electron chi connectivity index (χ3n) is 5.02. The molecule has 2 aromatic rings. The molecule has 1 aromatic carbocycles. The molecule has 5 nitrogen and oxygen atoms in total. The van der Waals surface area contributed by atoms with Gasteiger partial charge in [0.25, 0.3) is 5.91 Å². The van der Waals surface area contributed by atoms with Gasteiger partial charge in [0.15, 0.2) is 0 Å². The summed E-state index contributed by atoms with van der Waals surface area (Å²) in [7, 11) is 1.97. The van der Waals surface area contributed by atoms with Gasteiger partial charge in [-0.1, -0.05) is 25.8 Å². The average Bonchev–Trinajstić information content (AvgIpc) is 2.75. The number of anilines is 1. The minimum Gasteiger partial charge on any atom is -0.307 e. The zero-order chi connectivity index (χ0) is 23.0. The van der Waals surface area contributed by atoms with Crippen molar-refractivity contribution in [2.45, 2.75) is 26.6 Å². The fourth-order valence-electron chi connectivity index (χ4n) is 2.96. The molecule has 0 atom stereocenters. The number of hydrogen-bond donors (Lipinski definition) is 1. The van der Waals surface area contributed by atoms with Crippen molar-refractivity contribution in [2.24, 2.45) is 0 Å². The number of alkyl halides is 3. The Labute approximate surface area is 181 Å². The first-order chi connectivity index (χ1) is 14.7. The van der Waals surface area contributed by atoms with Crippen molar-refractivity contribution in [3.63, 3.8) is 0 Å². The van der Waals surface area contributed by atoms with Crippen LogP contribution in [0.3, 0.4) is 0 Å². The molecule has 1 amide bonds. The Morgan fingerprint density at radius 3 is 2.52 bits per heavy atom. The second-order valence-electron chi connectivity index (χ2n) is 7.16. The molecule has 0 spiro atoms. The number of aromatic nitrogens is 1. The molecule has 0 aliphatic heterocycles. The number of halogens is 3. The van der Waals surface area contributed by atoms with E-state index >= 15 is 0 Å². The van der Waals surface area contributed by atoms with Gasteiger partial charge in [-0.25, -0.2) is 4.98 Å². The molecule has 0 fully saturated rings. The van der Waals surface area contributed by atoms with Crippen LogP contribution in [-0.2, 0) is 12.7 Å². The summed E-state index contributed by atoms with van der Waals surface area (Å²) < 4.78 is 41.2. The van der Waals surface area contributed by atoms with E-state index in [0.717, 1.165) is 19.2 Å². The minimum atomic E-state index is -4.58. The third-order valence-corrected chi connectivity index (χ3v) is 5.02. The first-order valence-electron chi connectivity index (χ1n) is 10.0. The number of carbonyl (C=O) groups is 1. The summed E-state index contributed by atoms with van der Waals surface area (Å²) in [6, 6.07) is 6.72. The van der Waals surface area contributed by atoms with Crippen LogP contribution in [0.2, 0.25) is 0 Å². The molecule has 0 aliphatic carbocycles. The highest BCUT2D eigenvalue weighted by molar-refractivity contribution is 6.04. The number of terminal acetylenes is 1. The quantitative estimate of drug-likeness (QED) is 0.606. The molecule has 0 saturated heterocycles. The van der Waals surface area contributed by atoms with Crippen molar-refractivity contribution in [2.75, 3.05) is 38.5 Å². The first-order valence-corrected chi connectivity index (χ1v) is 10.0. The van der Waals surface area contributed by atoms with Crippen molar-refractivity contribution in [3.8, 4) is 12.3 Å². The zero-order valence-electron chi connectivity index (χ0n) is 18.0. The Balaban J connectivity index is 2.24. The van der Waals surface area contributed by atoms with E-state index < -0.39 is 17.6 Å². The fraction of sp³-hybridized carbons (Fsp3) is 0.391. The Kier molecular flexibility index (Phi) is 8.60. The molecule has 1 aromatic heterocycles. The van der Waals surface area contributed by atoms with Crippen LogP contribution >= 0.6 is 0 Å². The maximum atomic E-state index is 13.7. The van der Waals surface area contributed by atoms with Crippen LogP contribution in [0, 0.1) is 12.3 Å². The van der Waals surface area contributed by atoms with E-state index in [1.54, 1.807) is 6.07 Å². The normalized spacial score (nSPS) is 11.6. The van der Waals surface area contributed by atoms with Crippen LogP contribution in [0.1, 0.15) is 40.9 Å². The highest BCUT2D eigenvalue weighted by Crippen LogP contribution is 2.33. The number of likely N-dealkylation sites (N-methyl/N-ethyl adjacent to an activating group) is 2. The number of hydrogen-bond acceptors (Lipinski definition) is 4. The lowest BCUT2D eigenvalue weighted by Crippen LogP contribution is -2.33. The Hall–Kier alpha value is -2.89. The summed E-state index contributed by atoms with van der Waals surface area (Å²) in [6.45, 7) is 6.99. The van der Waals surface area contributed by atoms with Crippen molar-refractivity contribution in [1.82, 2.24) is 14.8 Å². The second kappa shape index (κ2) is 10.9. The number of carbonyl (C=O) groups excluding carboxylic acids is 1. The van der Waals surface area contributed by atoms with Crippen molar-refractivity contribution < 1.29 is 18.0 Å². The summed E-state index contributed by atoms with van der Waals surface area (Å²) in [5, 5.41) is 2.49. The molecule has 2 rings (SSSR count). The van der Waals surface area contributed by atoms with Gasteiger partial charge >= 0.3 is 6.18 Å². The predicted molar refractivity (Wildman–Crippen MR) is 116 cm³/mol. The van der Waals surface area contributed by atoms with Crippen LogP contribution in [0.5, 0.6) is 0 Å². The van der Waals surface area contributed by atoms with E-state index in [1.807, 2.05) is 25.8 Å². The molecule has 166 valence electrons. The van der Waals surface area contributed by atoms with E-state index in [4.69, 9.17) is 6.42 Å². The maximum Gasteiger partial charge on any atom is 0.416 e. The summed E-state index contributed by atoms with van der Waals surface area (Å²) in [6.07, 6.45) is 2.16. The van der Waals surface area contributed by atoms with Crippen molar-refractivity contribution >= 4 is 11.7 Å². The third kappa shape index (κ3) is 7.09. The molecular formula is C23H27F3N4O. The number of amides is 1. The highest BCUT2D eigenvalue weighted by atomic mass is 19.4. The largest absolute Gasteiger partial charge is 0.416 e. The Bertz CT molecular complexity index is 937. The molecule has 0 aliphatic rings. The molecule has 1 N–H and O–H groups in total. The van der Waals surface area contributed by atoms with Gasteiger partial charge in [-0.2, -0.15) is 13.2 Å². The molecule has 0 unspecified atom stereocenters.